The molecule has 0 spiro atoms. The summed E-state index contributed by atoms with van der Waals surface area (Å²) >= 11 is 0. The van der Waals surface area contributed by atoms with Crippen LogP contribution in [0.4, 0.5) is 0 Å². The Hall–Kier alpha value is -4.12. The Bertz CT molecular complexity index is 1520. The van der Waals surface area contributed by atoms with E-state index < -0.39 is 5.41 Å². The topological polar surface area (TPSA) is 65.0 Å². The van der Waals surface area contributed by atoms with Crippen molar-refractivity contribution in [3.8, 4) is 11.4 Å². The highest BCUT2D eigenvalue weighted by atomic mass is 16.5. The third-order valence-corrected chi connectivity index (χ3v) is 7.13. The molecule has 1 N–H and O–H groups in total. The number of phenolic OH excluding ortho intramolecular Hbond substituents is 1. The molecular weight excluding hydrogens is 434 g/mol. The Balaban J connectivity index is 1.77. The van der Waals surface area contributed by atoms with Gasteiger partial charge in [-0.3, -0.25) is 0 Å². The highest BCUT2D eigenvalue weighted by Crippen LogP contribution is 2.40. The Morgan fingerprint density at radius 3 is 2.00 bits per heavy atom. The van der Waals surface area contributed by atoms with Gasteiger partial charge >= 0.3 is 0 Å². The smallest absolute Gasteiger partial charge is 0.250 e. The number of benzene rings is 4. The van der Waals surface area contributed by atoms with Gasteiger partial charge in [-0.25, -0.2) is 0 Å². The largest absolute Gasteiger partial charge is 0.692 e. The number of aromatic nitrogens is 3. The molecule has 5 aromatic rings. The zero-order valence-electron chi connectivity index (χ0n) is 20.4. The molecule has 5 rings (SSSR count). The number of nitrogens with zero attached hydrogens (tertiary/aromatic N) is 3. The normalized spacial score (nSPS) is 12.2. The number of hydrogen-bond acceptors (Lipinski definition) is 3. The average Bonchev–Trinajstić information content (AvgIpc) is 3.21. The lowest BCUT2D eigenvalue weighted by Gasteiger charge is -2.31. The fourth-order valence-corrected chi connectivity index (χ4v) is 4.75. The van der Waals surface area contributed by atoms with Crippen LogP contribution in [0.15, 0.2) is 97.1 Å². The summed E-state index contributed by atoms with van der Waals surface area (Å²) in [5, 5.41) is 28.5. The van der Waals surface area contributed by atoms with Crippen LogP contribution in [0.2, 0.25) is 0 Å². The molecule has 5 nitrogen and oxygen atoms in total. The zero-order chi connectivity index (χ0) is 24.8. The number of rotatable bonds is 5. The second-order valence-corrected chi connectivity index (χ2v) is 10.1. The van der Waals surface area contributed by atoms with Gasteiger partial charge in [0.2, 0.25) is 11.0 Å². The molecule has 0 aliphatic carbocycles. The molecule has 0 bridgehead atoms. The first kappa shape index (κ1) is 22.7. The first-order valence-corrected chi connectivity index (χ1v) is 11.8. The lowest BCUT2D eigenvalue weighted by molar-refractivity contribution is -0.664. The van der Waals surface area contributed by atoms with Gasteiger partial charge in [0.25, 0.3) is 0 Å². The van der Waals surface area contributed by atoms with Crippen molar-refractivity contribution in [1.29, 1.82) is 0 Å². The summed E-state index contributed by atoms with van der Waals surface area (Å²) in [5.74, 6) is 0.246. The molecular formula is C30H29N3O2. The van der Waals surface area contributed by atoms with Gasteiger partial charge in [-0.2, -0.15) is 0 Å². The molecule has 5 heteroatoms. The number of hydrogen-bond donors (Lipinski definition) is 1. The van der Waals surface area contributed by atoms with Gasteiger partial charge in [-0.1, -0.05) is 94.4 Å². The minimum atomic E-state index is -0.525. The van der Waals surface area contributed by atoms with Crippen molar-refractivity contribution in [1.82, 2.24) is 9.90 Å². The van der Waals surface area contributed by atoms with E-state index in [-0.39, 0.29) is 11.2 Å². The molecule has 0 unspecified atom stereocenters. The number of para-hydroxylation sites is 2. The number of aromatic hydroxyl groups is 1. The Morgan fingerprint density at radius 1 is 0.714 bits per heavy atom. The highest BCUT2D eigenvalue weighted by molar-refractivity contribution is 5.70. The monoisotopic (exact) mass is 463 g/mol. The van der Waals surface area contributed by atoms with Crippen LogP contribution in [0, 0.1) is 5.21 Å². The van der Waals surface area contributed by atoms with Gasteiger partial charge in [0, 0.05) is 16.4 Å². The Morgan fingerprint density at radius 2 is 1.31 bits per heavy atom. The molecule has 4 aromatic carbocycles. The zero-order valence-corrected chi connectivity index (χ0v) is 20.4. The van der Waals surface area contributed by atoms with Crippen LogP contribution in [0.1, 0.15) is 49.9 Å². The summed E-state index contributed by atoms with van der Waals surface area (Å²) < 4.78 is 0. The van der Waals surface area contributed by atoms with Gasteiger partial charge in [-0.15, -0.1) is 4.85 Å². The van der Waals surface area contributed by atoms with Gasteiger partial charge in [0.05, 0.1) is 5.10 Å². The summed E-state index contributed by atoms with van der Waals surface area (Å²) in [5.41, 5.74) is 5.00. The van der Waals surface area contributed by atoms with Crippen LogP contribution in [0.25, 0.3) is 16.7 Å². The predicted molar refractivity (Wildman–Crippen MR) is 139 cm³/mol. The highest BCUT2D eigenvalue weighted by Gasteiger charge is 2.31. The molecule has 0 fully saturated rings. The van der Waals surface area contributed by atoms with E-state index in [1.807, 2.05) is 66.7 Å². The van der Waals surface area contributed by atoms with Crippen molar-refractivity contribution in [2.24, 2.45) is 0 Å². The molecule has 0 atom stereocenters. The van der Waals surface area contributed by atoms with E-state index in [1.165, 1.54) is 10.4 Å². The lowest BCUT2D eigenvalue weighted by atomic mass is 9.73. The van der Waals surface area contributed by atoms with E-state index in [1.54, 1.807) is 12.1 Å². The maximum Gasteiger partial charge on any atom is 0.250 e. The molecule has 1 heterocycles. The van der Waals surface area contributed by atoms with Crippen molar-refractivity contribution < 1.29 is 9.95 Å². The van der Waals surface area contributed by atoms with Crippen molar-refractivity contribution >= 4 is 11.0 Å². The lowest BCUT2D eigenvalue weighted by Crippen LogP contribution is -2.37. The van der Waals surface area contributed by atoms with Crippen LogP contribution in [0.3, 0.4) is 0 Å². The number of fused-ring (bicyclic) bond motifs is 1. The molecule has 0 saturated carbocycles. The van der Waals surface area contributed by atoms with Crippen molar-refractivity contribution in [2.45, 2.75) is 38.5 Å². The van der Waals surface area contributed by atoms with Crippen LogP contribution in [-0.2, 0) is 10.8 Å². The Labute approximate surface area is 205 Å². The van der Waals surface area contributed by atoms with Crippen LogP contribution >= 0.6 is 0 Å². The second-order valence-electron chi connectivity index (χ2n) is 10.1. The third-order valence-electron chi connectivity index (χ3n) is 7.13. The van der Waals surface area contributed by atoms with E-state index >= 15 is 0 Å². The average molecular weight is 464 g/mol. The molecule has 0 radical (unpaired) electrons. The van der Waals surface area contributed by atoms with E-state index in [0.29, 0.717) is 16.7 Å². The van der Waals surface area contributed by atoms with Gasteiger partial charge in [0.1, 0.15) is 11.4 Å². The quantitative estimate of drug-likeness (QED) is 0.256. The Kier molecular flexibility index (Phi) is 5.36. The van der Waals surface area contributed by atoms with Gasteiger partial charge in [0.15, 0.2) is 0 Å². The van der Waals surface area contributed by atoms with Crippen LogP contribution < -0.4 is 4.85 Å². The van der Waals surface area contributed by atoms with Crippen LogP contribution in [0.5, 0.6) is 5.75 Å². The molecule has 0 aliphatic rings. The summed E-state index contributed by atoms with van der Waals surface area (Å²) in [6.07, 6.45) is 0. The molecule has 1 aromatic heterocycles. The second kappa shape index (κ2) is 8.27. The SMILES string of the molecule is CC(C)(c1ccccc1)c1cc(-n2nc3ccccc3[n+]2[O-])cc(C(C)(C)c2ccccc2O)c1. The molecule has 0 aliphatic heterocycles. The van der Waals surface area contributed by atoms with Crippen molar-refractivity contribution in [2.75, 3.05) is 0 Å². The molecule has 0 saturated heterocycles. The summed E-state index contributed by atoms with van der Waals surface area (Å²) in [7, 11) is 0. The van der Waals surface area contributed by atoms with Gasteiger partial charge in [-0.05, 0) is 51.8 Å². The van der Waals surface area contributed by atoms with E-state index in [0.717, 1.165) is 21.5 Å². The van der Waals surface area contributed by atoms with Crippen molar-refractivity contribution in [3.63, 3.8) is 0 Å². The summed E-state index contributed by atoms with van der Waals surface area (Å²) in [4.78, 5) is 2.25. The fraction of sp³-hybridized carbons (Fsp3) is 0.200. The maximum absolute atomic E-state index is 13.2. The van der Waals surface area contributed by atoms with E-state index in [4.69, 9.17) is 0 Å². The van der Waals surface area contributed by atoms with Crippen LogP contribution in [-0.4, -0.2) is 15.0 Å². The van der Waals surface area contributed by atoms with E-state index in [9.17, 15) is 10.3 Å². The standard InChI is InChI=1S/C30H29N3O2/c1-29(2,21-12-6-5-7-13-21)22-18-23(30(3,4)25-14-8-11-17-28(25)34)20-24(19-22)32-31-26-15-9-10-16-27(26)33(32)35/h5-20,34H,1-4H3. The molecule has 176 valence electrons. The molecule has 0 amide bonds. The predicted octanol–water partition coefficient (Wildman–Crippen LogP) is 6.02. The number of phenols is 1. The molecule has 35 heavy (non-hydrogen) atoms. The van der Waals surface area contributed by atoms with Crippen molar-refractivity contribution in [3.05, 3.63) is 125 Å². The first-order valence-electron chi connectivity index (χ1n) is 11.8. The summed E-state index contributed by atoms with van der Waals surface area (Å²) in [6, 6.07) is 31.3. The first-order chi connectivity index (χ1) is 16.7. The third kappa shape index (κ3) is 3.83. The minimum absolute atomic E-state index is 0.246. The van der Waals surface area contributed by atoms with Gasteiger partial charge < -0.3 is 10.3 Å². The summed E-state index contributed by atoms with van der Waals surface area (Å²) in [6.45, 7) is 8.54. The maximum atomic E-state index is 13.2. The fourth-order valence-electron chi connectivity index (χ4n) is 4.75. The minimum Gasteiger partial charge on any atom is -0.692 e. The van der Waals surface area contributed by atoms with E-state index in [2.05, 4.69) is 51.0 Å².